The molecule has 130 valence electrons. The van der Waals surface area contributed by atoms with Crippen molar-refractivity contribution in [3.63, 3.8) is 0 Å². The number of hydrogen-bond donors (Lipinski definition) is 3. The molecule has 1 aromatic heterocycles. The topological polar surface area (TPSA) is 61.4 Å². The van der Waals surface area contributed by atoms with Crippen LogP contribution in [-0.2, 0) is 6.42 Å². The zero-order chi connectivity index (χ0) is 17.4. The van der Waals surface area contributed by atoms with Gasteiger partial charge in [-0.05, 0) is 44.4 Å². The molecule has 2 unspecified atom stereocenters. The van der Waals surface area contributed by atoms with Gasteiger partial charge in [0, 0.05) is 28.8 Å². The van der Waals surface area contributed by atoms with Gasteiger partial charge in [0.2, 0.25) is 0 Å². The van der Waals surface area contributed by atoms with Crippen LogP contribution in [0.3, 0.4) is 0 Å². The van der Waals surface area contributed by atoms with Crippen molar-refractivity contribution >= 4 is 17.4 Å². The van der Waals surface area contributed by atoms with Crippen LogP contribution in [0, 0.1) is 6.92 Å². The summed E-state index contributed by atoms with van der Waals surface area (Å²) < 4.78 is 0. The predicted molar refractivity (Wildman–Crippen MR) is 99.4 cm³/mol. The summed E-state index contributed by atoms with van der Waals surface area (Å²) in [5.74, 6) is 0. The van der Waals surface area contributed by atoms with Gasteiger partial charge in [0.1, 0.15) is 0 Å². The Morgan fingerprint density at radius 1 is 1.17 bits per heavy atom. The minimum Gasteiger partial charge on any atom is -0.396 e. The Balaban J connectivity index is 1.89. The third-order valence-electron chi connectivity index (χ3n) is 3.84. The van der Waals surface area contributed by atoms with E-state index in [0.717, 1.165) is 12.0 Å². The van der Waals surface area contributed by atoms with Crippen molar-refractivity contribution in [1.29, 1.82) is 0 Å². The summed E-state index contributed by atoms with van der Waals surface area (Å²) in [6.07, 6.45) is 2.20. The molecule has 0 radical (unpaired) electrons. The SMILES string of the molecule is Cc1ccc(CC(C)NC(=O)NC(CCCO)c2ccccc2)s1. The predicted octanol–water partition coefficient (Wildman–Crippen LogP) is 3.80. The number of hydrogen-bond acceptors (Lipinski definition) is 3. The number of aliphatic hydroxyl groups is 1. The van der Waals surface area contributed by atoms with Crippen molar-refractivity contribution in [2.75, 3.05) is 6.61 Å². The van der Waals surface area contributed by atoms with Crippen molar-refractivity contribution in [3.05, 3.63) is 57.8 Å². The normalized spacial score (nSPS) is 13.3. The van der Waals surface area contributed by atoms with E-state index < -0.39 is 0 Å². The monoisotopic (exact) mass is 346 g/mol. The average molecular weight is 346 g/mol. The summed E-state index contributed by atoms with van der Waals surface area (Å²) in [6.45, 7) is 4.23. The van der Waals surface area contributed by atoms with Crippen LogP contribution < -0.4 is 10.6 Å². The van der Waals surface area contributed by atoms with Gasteiger partial charge in [0.05, 0.1) is 6.04 Å². The summed E-state index contributed by atoms with van der Waals surface area (Å²) in [5.41, 5.74) is 1.06. The number of amides is 2. The van der Waals surface area contributed by atoms with Crippen LogP contribution in [0.25, 0.3) is 0 Å². The van der Waals surface area contributed by atoms with Crippen molar-refractivity contribution in [2.24, 2.45) is 0 Å². The second-order valence-electron chi connectivity index (χ2n) is 6.06. The lowest BCUT2D eigenvalue weighted by Gasteiger charge is -2.21. The molecule has 2 aromatic rings. The van der Waals surface area contributed by atoms with Gasteiger partial charge in [-0.1, -0.05) is 30.3 Å². The number of aliphatic hydroxyl groups excluding tert-OH is 1. The van der Waals surface area contributed by atoms with Gasteiger partial charge in [-0.25, -0.2) is 4.79 Å². The zero-order valence-corrected chi connectivity index (χ0v) is 15.1. The number of aryl methyl sites for hydroxylation is 1. The molecular weight excluding hydrogens is 320 g/mol. The fourth-order valence-corrected chi connectivity index (χ4v) is 3.69. The van der Waals surface area contributed by atoms with Crippen LogP contribution in [0.1, 0.15) is 41.1 Å². The quantitative estimate of drug-likeness (QED) is 0.681. The third kappa shape index (κ3) is 5.98. The summed E-state index contributed by atoms with van der Waals surface area (Å²) >= 11 is 1.77. The molecule has 0 fully saturated rings. The first-order chi connectivity index (χ1) is 11.6. The molecule has 3 N–H and O–H groups in total. The molecule has 24 heavy (non-hydrogen) atoms. The second kappa shape index (κ2) is 9.45. The van der Waals surface area contributed by atoms with Crippen molar-refractivity contribution in [3.8, 4) is 0 Å². The maximum atomic E-state index is 12.3. The van der Waals surface area contributed by atoms with E-state index >= 15 is 0 Å². The molecule has 0 aliphatic carbocycles. The van der Waals surface area contributed by atoms with Gasteiger partial charge >= 0.3 is 6.03 Å². The van der Waals surface area contributed by atoms with E-state index in [0.29, 0.717) is 12.8 Å². The molecule has 1 aromatic carbocycles. The van der Waals surface area contributed by atoms with Crippen LogP contribution in [0.5, 0.6) is 0 Å². The Morgan fingerprint density at radius 2 is 1.92 bits per heavy atom. The molecule has 0 spiro atoms. The summed E-state index contributed by atoms with van der Waals surface area (Å²) in [5, 5.41) is 15.1. The summed E-state index contributed by atoms with van der Waals surface area (Å²) in [4.78, 5) is 14.9. The number of thiophene rings is 1. The first-order valence-electron chi connectivity index (χ1n) is 8.36. The zero-order valence-electron chi connectivity index (χ0n) is 14.3. The third-order valence-corrected chi connectivity index (χ3v) is 4.86. The second-order valence-corrected chi connectivity index (χ2v) is 7.44. The Hall–Kier alpha value is -1.85. The molecule has 5 heteroatoms. The number of carbonyl (C=O) groups is 1. The molecule has 0 aliphatic heterocycles. The lowest BCUT2D eigenvalue weighted by Crippen LogP contribution is -2.43. The number of rotatable bonds is 8. The van der Waals surface area contributed by atoms with Gasteiger partial charge in [0.25, 0.3) is 0 Å². The van der Waals surface area contributed by atoms with Crippen LogP contribution in [0.15, 0.2) is 42.5 Å². The van der Waals surface area contributed by atoms with Crippen LogP contribution in [0.4, 0.5) is 4.79 Å². The van der Waals surface area contributed by atoms with Crippen molar-refractivity contribution in [2.45, 2.75) is 45.2 Å². The van der Waals surface area contributed by atoms with E-state index in [1.165, 1.54) is 9.75 Å². The van der Waals surface area contributed by atoms with Gasteiger partial charge < -0.3 is 15.7 Å². The molecular formula is C19H26N2O2S. The Kier molecular flexibility index (Phi) is 7.28. The highest BCUT2D eigenvalue weighted by molar-refractivity contribution is 7.11. The lowest BCUT2D eigenvalue weighted by molar-refractivity contribution is 0.230. The molecule has 2 atom stereocenters. The largest absolute Gasteiger partial charge is 0.396 e. The molecule has 4 nitrogen and oxygen atoms in total. The Bertz CT molecular complexity index is 627. The minimum atomic E-state index is -0.164. The lowest BCUT2D eigenvalue weighted by atomic mass is 10.0. The van der Waals surface area contributed by atoms with Gasteiger partial charge in [-0.2, -0.15) is 0 Å². The molecule has 0 bridgehead atoms. The number of nitrogens with one attached hydrogen (secondary N) is 2. The highest BCUT2D eigenvalue weighted by Gasteiger charge is 2.16. The van der Waals surface area contributed by atoms with E-state index in [9.17, 15) is 4.79 Å². The minimum absolute atomic E-state index is 0.0670. The highest BCUT2D eigenvalue weighted by atomic mass is 32.1. The molecule has 0 aliphatic rings. The van der Waals surface area contributed by atoms with Gasteiger partial charge in [-0.15, -0.1) is 11.3 Å². The summed E-state index contributed by atoms with van der Waals surface area (Å²) in [6, 6.07) is 13.9. The smallest absolute Gasteiger partial charge is 0.315 e. The number of urea groups is 1. The van der Waals surface area contributed by atoms with E-state index in [1.807, 2.05) is 37.3 Å². The molecule has 0 saturated heterocycles. The maximum absolute atomic E-state index is 12.3. The van der Waals surface area contributed by atoms with Crippen molar-refractivity contribution in [1.82, 2.24) is 10.6 Å². The van der Waals surface area contributed by atoms with E-state index in [2.05, 4.69) is 29.7 Å². The molecule has 2 amide bonds. The number of carbonyl (C=O) groups excluding carboxylic acids is 1. The van der Waals surface area contributed by atoms with Crippen LogP contribution in [-0.4, -0.2) is 23.8 Å². The standard InChI is InChI=1S/C19H26N2O2S/c1-14(13-17-11-10-15(2)24-17)20-19(23)21-18(9-6-12-22)16-7-4-3-5-8-16/h3-5,7-8,10-11,14,18,22H,6,9,12-13H2,1-2H3,(H2,20,21,23). The molecule has 0 saturated carbocycles. The van der Waals surface area contributed by atoms with E-state index in [-0.39, 0.29) is 24.7 Å². The molecule has 2 rings (SSSR count). The first-order valence-corrected chi connectivity index (χ1v) is 9.18. The fourth-order valence-electron chi connectivity index (χ4n) is 2.67. The summed E-state index contributed by atoms with van der Waals surface area (Å²) in [7, 11) is 0. The number of benzene rings is 1. The van der Waals surface area contributed by atoms with Gasteiger partial charge in [0.15, 0.2) is 0 Å². The Labute approximate surface area is 147 Å². The molecule has 1 heterocycles. The van der Waals surface area contributed by atoms with E-state index in [4.69, 9.17) is 5.11 Å². The Morgan fingerprint density at radius 3 is 2.54 bits per heavy atom. The van der Waals surface area contributed by atoms with Crippen LogP contribution in [0.2, 0.25) is 0 Å². The maximum Gasteiger partial charge on any atom is 0.315 e. The fraction of sp³-hybridized carbons (Fsp3) is 0.421. The van der Waals surface area contributed by atoms with Crippen molar-refractivity contribution < 1.29 is 9.90 Å². The van der Waals surface area contributed by atoms with E-state index in [1.54, 1.807) is 11.3 Å². The highest BCUT2D eigenvalue weighted by Crippen LogP contribution is 2.19. The van der Waals surface area contributed by atoms with Crippen LogP contribution >= 0.6 is 11.3 Å². The first kappa shape index (κ1) is 18.5. The van der Waals surface area contributed by atoms with Gasteiger partial charge in [-0.3, -0.25) is 0 Å². The average Bonchev–Trinajstić information content (AvgIpc) is 2.96.